The first-order valence-electron chi connectivity index (χ1n) is 9.58. The SMILES string of the molecule is O=C1N=C(N2CCCCC2)S/C1=C\c1ccc(-n2cnc3ccccc32)cc1. The number of para-hydroxylation sites is 2. The van der Waals surface area contributed by atoms with E-state index >= 15 is 0 Å². The molecule has 0 unspecified atom stereocenters. The van der Waals surface area contributed by atoms with E-state index in [1.807, 2.05) is 42.7 Å². The maximum absolute atomic E-state index is 12.3. The van der Waals surface area contributed by atoms with E-state index in [4.69, 9.17) is 0 Å². The summed E-state index contributed by atoms with van der Waals surface area (Å²) >= 11 is 1.50. The molecule has 0 aliphatic carbocycles. The monoisotopic (exact) mass is 388 g/mol. The molecule has 2 aliphatic heterocycles. The number of carbonyl (C=O) groups is 1. The Morgan fingerprint density at radius 3 is 2.57 bits per heavy atom. The third kappa shape index (κ3) is 3.24. The Kier molecular flexibility index (Phi) is 4.49. The maximum Gasteiger partial charge on any atom is 0.286 e. The summed E-state index contributed by atoms with van der Waals surface area (Å²) in [6.45, 7) is 2.00. The third-order valence-corrected chi connectivity index (χ3v) is 6.20. The average molecular weight is 388 g/mol. The summed E-state index contributed by atoms with van der Waals surface area (Å²) in [5.41, 5.74) is 4.10. The minimum atomic E-state index is -0.129. The zero-order valence-corrected chi connectivity index (χ0v) is 16.2. The highest BCUT2D eigenvalue weighted by atomic mass is 32.2. The number of piperidine rings is 1. The number of hydrogen-bond donors (Lipinski definition) is 0. The van der Waals surface area contributed by atoms with E-state index in [1.165, 1.54) is 31.0 Å². The molecular formula is C22H20N4OS. The van der Waals surface area contributed by atoms with Crippen LogP contribution in [-0.4, -0.2) is 38.6 Å². The minimum Gasteiger partial charge on any atom is -0.351 e. The van der Waals surface area contributed by atoms with Crippen LogP contribution in [0.4, 0.5) is 0 Å². The number of amides is 1. The molecule has 2 aliphatic rings. The lowest BCUT2D eigenvalue weighted by Gasteiger charge is -2.27. The Labute approximate surface area is 167 Å². The number of aromatic nitrogens is 2. The number of rotatable bonds is 2. The van der Waals surface area contributed by atoms with Crippen molar-refractivity contribution >= 4 is 39.9 Å². The van der Waals surface area contributed by atoms with Crippen LogP contribution in [0.3, 0.4) is 0 Å². The van der Waals surface area contributed by atoms with Gasteiger partial charge in [-0.1, -0.05) is 24.3 Å². The number of hydrogen-bond acceptors (Lipinski definition) is 4. The lowest BCUT2D eigenvalue weighted by molar-refractivity contribution is -0.113. The molecule has 140 valence electrons. The Hall–Kier alpha value is -2.86. The van der Waals surface area contributed by atoms with Crippen molar-refractivity contribution < 1.29 is 4.79 Å². The molecule has 5 rings (SSSR count). The smallest absolute Gasteiger partial charge is 0.286 e. The third-order valence-electron chi connectivity index (χ3n) is 5.16. The van der Waals surface area contributed by atoms with Gasteiger partial charge >= 0.3 is 0 Å². The van der Waals surface area contributed by atoms with Crippen molar-refractivity contribution in [2.75, 3.05) is 13.1 Å². The number of nitrogens with zero attached hydrogens (tertiary/aromatic N) is 4. The minimum absolute atomic E-state index is 0.129. The van der Waals surface area contributed by atoms with E-state index in [1.54, 1.807) is 0 Å². The van der Waals surface area contributed by atoms with Crippen molar-refractivity contribution in [2.24, 2.45) is 4.99 Å². The number of imidazole rings is 1. The van der Waals surface area contributed by atoms with E-state index in [0.717, 1.165) is 40.5 Å². The Bertz CT molecular complexity index is 1090. The fraction of sp³-hybridized carbons (Fsp3) is 0.227. The first-order chi connectivity index (χ1) is 13.8. The van der Waals surface area contributed by atoms with Gasteiger partial charge in [0.05, 0.1) is 15.9 Å². The van der Waals surface area contributed by atoms with E-state index in [0.29, 0.717) is 4.91 Å². The normalized spacial score (nSPS) is 18.9. The van der Waals surface area contributed by atoms with Gasteiger partial charge in [0.1, 0.15) is 6.33 Å². The highest BCUT2D eigenvalue weighted by Crippen LogP contribution is 2.31. The molecule has 1 aromatic heterocycles. The first-order valence-corrected chi connectivity index (χ1v) is 10.4. The molecule has 2 aromatic carbocycles. The molecule has 0 bridgehead atoms. The largest absolute Gasteiger partial charge is 0.351 e. The number of benzene rings is 2. The maximum atomic E-state index is 12.3. The number of fused-ring (bicyclic) bond motifs is 1. The van der Waals surface area contributed by atoms with Crippen LogP contribution in [0.15, 0.2) is 64.8 Å². The molecule has 0 saturated carbocycles. The second kappa shape index (κ2) is 7.28. The molecule has 0 N–H and O–H groups in total. The summed E-state index contributed by atoms with van der Waals surface area (Å²) in [7, 11) is 0. The van der Waals surface area contributed by atoms with Crippen LogP contribution < -0.4 is 0 Å². The molecule has 3 heterocycles. The van der Waals surface area contributed by atoms with Gasteiger partial charge in [-0.15, -0.1) is 0 Å². The van der Waals surface area contributed by atoms with Crippen molar-refractivity contribution in [1.82, 2.24) is 14.5 Å². The van der Waals surface area contributed by atoms with Crippen LogP contribution in [0.2, 0.25) is 0 Å². The van der Waals surface area contributed by atoms with Crippen LogP contribution in [-0.2, 0) is 4.79 Å². The fourth-order valence-electron chi connectivity index (χ4n) is 3.67. The van der Waals surface area contributed by atoms with Gasteiger partial charge < -0.3 is 4.90 Å². The summed E-state index contributed by atoms with van der Waals surface area (Å²) < 4.78 is 2.07. The number of thioether (sulfide) groups is 1. The summed E-state index contributed by atoms with van der Waals surface area (Å²) in [5.74, 6) is -0.129. The van der Waals surface area contributed by atoms with Gasteiger partial charge in [-0.3, -0.25) is 9.36 Å². The predicted molar refractivity (Wildman–Crippen MR) is 115 cm³/mol. The van der Waals surface area contributed by atoms with Gasteiger partial charge in [-0.25, -0.2) is 4.98 Å². The second-order valence-electron chi connectivity index (χ2n) is 7.05. The number of aliphatic imine (C=N–C) groups is 1. The fourth-order valence-corrected chi connectivity index (χ4v) is 4.63. The molecule has 3 aromatic rings. The van der Waals surface area contributed by atoms with Crippen molar-refractivity contribution in [1.29, 1.82) is 0 Å². The van der Waals surface area contributed by atoms with Crippen LogP contribution in [0.25, 0.3) is 22.8 Å². The van der Waals surface area contributed by atoms with E-state index in [-0.39, 0.29) is 5.91 Å². The Morgan fingerprint density at radius 1 is 0.964 bits per heavy atom. The lowest BCUT2D eigenvalue weighted by atomic mass is 10.1. The van der Waals surface area contributed by atoms with Gasteiger partial charge in [0.25, 0.3) is 5.91 Å². The zero-order valence-electron chi connectivity index (χ0n) is 15.4. The van der Waals surface area contributed by atoms with Crippen LogP contribution in [0.5, 0.6) is 0 Å². The molecular weight excluding hydrogens is 368 g/mol. The van der Waals surface area contributed by atoms with Crippen molar-refractivity contribution in [2.45, 2.75) is 19.3 Å². The van der Waals surface area contributed by atoms with Gasteiger partial charge in [0, 0.05) is 18.8 Å². The number of carbonyl (C=O) groups excluding carboxylic acids is 1. The topological polar surface area (TPSA) is 50.5 Å². The summed E-state index contributed by atoms with van der Waals surface area (Å²) in [6, 6.07) is 16.2. The van der Waals surface area contributed by atoms with Crippen LogP contribution in [0.1, 0.15) is 24.8 Å². The summed E-state index contributed by atoms with van der Waals surface area (Å²) in [5, 5.41) is 0.859. The zero-order chi connectivity index (χ0) is 18.9. The van der Waals surface area contributed by atoms with Gasteiger partial charge in [-0.2, -0.15) is 4.99 Å². The van der Waals surface area contributed by atoms with Crippen LogP contribution in [0, 0.1) is 0 Å². The Balaban J connectivity index is 1.36. The van der Waals surface area contributed by atoms with Crippen molar-refractivity contribution in [3.63, 3.8) is 0 Å². The second-order valence-corrected chi connectivity index (χ2v) is 8.06. The standard InChI is InChI=1S/C22H20N4OS/c27-21-20(28-22(24-21)25-12-4-1-5-13-25)14-16-8-10-17(11-9-16)26-15-23-18-6-2-3-7-19(18)26/h2-3,6-11,14-15H,1,4-5,12-13H2/b20-14-. The molecule has 1 saturated heterocycles. The van der Waals surface area contributed by atoms with Gasteiger partial charge in [-0.05, 0) is 66.9 Å². The average Bonchev–Trinajstić information content (AvgIpc) is 3.33. The number of amidine groups is 1. The first kappa shape index (κ1) is 17.3. The van der Waals surface area contributed by atoms with E-state index in [2.05, 4.69) is 37.6 Å². The van der Waals surface area contributed by atoms with E-state index in [9.17, 15) is 4.79 Å². The molecule has 5 nitrogen and oxygen atoms in total. The summed E-state index contributed by atoms with van der Waals surface area (Å²) in [6.07, 6.45) is 7.40. The quantitative estimate of drug-likeness (QED) is 0.607. The summed E-state index contributed by atoms with van der Waals surface area (Å²) in [4.78, 5) is 24.0. The van der Waals surface area contributed by atoms with Crippen molar-refractivity contribution in [3.05, 3.63) is 65.3 Å². The van der Waals surface area contributed by atoms with Gasteiger partial charge in [0.2, 0.25) is 0 Å². The molecule has 0 radical (unpaired) electrons. The molecule has 1 amide bonds. The van der Waals surface area contributed by atoms with Crippen LogP contribution >= 0.6 is 11.8 Å². The molecule has 0 atom stereocenters. The number of likely N-dealkylation sites (tertiary alicyclic amines) is 1. The molecule has 28 heavy (non-hydrogen) atoms. The molecule has 1 fully saturated rings. The molecule has 6 heteroatoms. The van der Waals surface area contributed by atoms with Gasteiger partial charge in [0.15, 0.2) is 5.17 Å². The lowest BCUT2D eigenvalue weighted by Crippen LogP contribution is -2.33. The van der Waals surface area contributed by atoms with E-state index < -0.39 is 0 Å². The van der Waals surface area contributed by atoms with Crippen molar-refractivity contribution in [3.8, 4) is 5.69 Å². The highest BCUT2D eigenvalue weighted by Gasteiger charge is 2.26. The highest BCUT2D eigenvalue weighted by molar-refractivity contribution is 8.18. The Morgan fingerprint density at radius 2 is 1.75 bits per heavy atom. The predicted octanol–water partition coefficient (Wildman–Crippen LogP) is 4.48. The molecule has 0 spiro atoms.